The molecule has 0 aromatic carbocycles. The van der Waals surface area contributed by atoms with Gasteiger partial charge in [-0.05, 0) is 66.8 Å². The fourth-order valence-electron chi connectivity index (χ4n) is 4.36. The van der Waals surface area contributed by atoms with Gasteiger partial charge in [0.05, 0.1) is 29.4 Å². The minimum Gasteiger partial charge on any atom is -0.388 e. The third kappa shape index (κ3) is 3.79. The Morgan fingerprint density at radius 1 is 0.697 bits per heavy atom. The van der Waals surface area contributed by atoms with Crippen LogP contribution in [0.5, 0.6) is 0 Å². The number of nitrogens with one attached hydrogen (secondary N) is 2. The first-order valence-electron chi connectivity index (χ1n) is 10.8. The van der Waals surface area contributed by atoms with E-state index in [-0.39, 0.29) is 6.61 Å². The van der Waals surface area contributed by atoms with Crippen molar-refractivity contribution in [1.29, 1.82) is 0 Å². The normalized spacial score (nSPS) is 24.3. The van der Waals surface area contributed by atoms with E-state index in [9.17, 15) is 15.3 Å². The van der Waals surface area contributed by atoms with Crippen LogP contribution in [0.2, 0.25) is 0 Å². The smallest absolute Gasteiger partial charge is 0.113 e. The van der Waals surface area contributed by atoms with Crippen LogP contribution < -0.4 is 0 Å². The van der Waals surface area contributed by atoms with Crippen molar-refractivity contribution in [2.24, 2.45) is 0 Å². The number of fused-ring (bicyclic) bond motifs is 8. The summed E-state index contributed by atoms with van der Waals surface area (Å²) >= 11 is 0. The van der Waals surface area contributed by atoms with Crippen molar-refractivity contribution in [3.05, 3.63) is 70.8 Å². The zero-order valence-electron chi connectivity index (χ0n) is 17.5. The van der Waals surface area contributed by atoms with E-state index in [0.717, 1.165) is 39.3 Å². The average Bonchev–Trinajstić information content (AvgIpc) is 3.58. The highest BCUT2D eigenvalue weighted by Gasteiger charge is 2.39. The van der Waals surface area contributed by atoms with Crippen molar-refractivity contribution in [1.82, 2.24) is 19.9 Å². The molecule has 1 fully saturated rings. The fourth-order valence-corrected chi connectivity index (χ4v) is 4.36. The minimum atomic E-state index is -1.29. The molecule has 8 heteroatoms. The Balaban J connectivity index is 1.59. The summed E-state index contributed by atoms with van der Waals surface area (Å²) < 4.78 is 5.73. The first-order valence-corrected chi connectivity index (χ1v) is 10.8. The third-order valence-electron chi connectivity index (χ3n) is 6.01. The van der Waals surface area contributed by atoms with E-state index in [1.165, 1.54) is 0 Å². The molecular weight excluding hydrogens is 420 g/mol. The number of aromatic nitrogens is 4. The summed E-state index contributed by atoms with van der Waals surface area (Å²) in [5.74, 6) is 0. The topological polar surface area (TPSA) is 127 Å². The van der Waals surface area contributed by atoms with E-state index >= 15 is 0 Å². The zero-order chi connectivity index (χ0) is 22.5. The number of aliphatic hydroxyl groups excluding tert-OH is 3. The van der Waals surface area contributed by atoms with Crippen LogP contribution in [-0.2, 0) is 4.74 Å². The molecule has 0 amide bonds. The quantitative estimate of drug-likeness (QED) is 0.272. The van der Waals surface area contributed by atoms with Crippen molar-refractivity contribution in [3.8, 4) is 0 Å². The molecule has 0 spiro atoms. The van der Waals surface area contributed by atoms with E-state index in [1.807, 2.05) is 66.8 Å². The van der Waals surface area contributed by atoms with Gasteiger partial charge in [-0.25, -0.2) is 9.97 Å². The molecule has 3 aromatic heterocycles. The van der Waals surface area contributed by atoms with Crippen LogP contribution in [0.4, 0.5) is 0 Å². The average molecular weight is 442 g/mol. The molecule has 6 rings (SSSR count). The molecule has 0 radical (unpaired) electrons. The van der Waals surface area contributed by atoms with Gasteiger partial charge in [-0.1, -0.05) is 0 Å². The molecule has 33 heavy (non-hydrogen) atoms. The lowest BCUT2D eigenvalue weighted by Crippen LogP contribution is -2.48. The fraction of sp³-hybridized carbons (Fsp3) is 0.200. The molecule has 8 bridgehead atoms. The van der Waals surface area contributed by atoms with Gasteiger partial charge in [0.25, 0.3) is 0 Å². The van der Waals surface area contributed by atoms with Crippen molar-refractivity contribution in [2.75, 3.05) is 6.61 Å². The number of aromatic amines is 2. The summed E-state index contributed by atoms with van der Waals surface area (Å²) in [5, 5.41) is 30.7. The lowest BCUT2D eigenvalue weighted by atomic mass is 9.95. The number of ether oxygens (including phenoxy) is 1. The van der Waals surface area contributed by atoms with Gasteiger partial charge in [-0.15, -0.1) is 0 Å². The molecule has 166 valence electrons. The first-order chi connectivity index (χ1) is 16.0. The molecule has 0 saturated carbocycles. The molecule has 5 N–H and O–H groups in total. The molecule has 3 aliphatic rings. The first kappa shape index (κ1) is 20.1. The zero-order valence-corrected chi connectivity index (χ0v) is 17.5. The molecule has 1 saturated heterocycles. The Morgan fingerprint density at radius 2 is 1.33 bits per heavy atom. The maximum Gasteiger partial charge on any atom is 0.113 e. The van der Waals surface area contributed by atoms with Gasteiger partial charge in [-0.3, -0.25) is 0 Å². The summed E-state index contributed by atoms with van der Waals surface area (Å²) in [5.41, 5.74) is 7.19. The number of H-pyrrole nitrogens is 2. The van der Waals surface area contributed by atoms with Gasteiger partial charge < -0.3 is 30.0 Å². The van der Waals surface area contributed by atoms with Crippen LogP contribution in [0.3, 0.4) is 0 Å². The van der Waals surface area contributed by atoms with Gasteiger partial charge in [0, 0.05) is 27.6 Å². The molecule has 1 unspecified atom stereocenters. The Bertz CT molecular complexity index is 1450. The van der Waals surface area contributed by atoms with E-state index < -0.39 is 24.4 Å². The highest BCUT2D eigenvalue weighted by Crippen LogP contribution is 2.33. The second-order valence-corrected chi connectivity index (χ2v) is 8.43. The van der Waals surface area contributed by atoms with E-state index in [4.69, 9.17) is 4.74 Å². The van der Waals surface area contributed by atoms with Gasteiger partial charge in [0.15, 0.2) is 0 Å². The number of hydrogen-bond donors (Lipinski definition) is 5. The summed E-state index contributed by atoms with van der Waals surface area (Å²) in [7, 11) is 0. The molecule has 8 nitrogen and oxygen atoms in total. The summed E-state index contributed by atoms with van der Waals surface area (Å²) in [4.78, 5) is 16.0. The number of rotatable bonds is 1. The molecule has 6 heterocycles. The van der Waals surface area contributed by atoms with E-state index in [1.54, 1.807) is 0 Å². The molecular formula is C25H22N4O4. The van der Waals surface area contributed by atoms with Gasteiger partial charge in [0.1, 0.15) is 24.4 Å². The molecule has 0 aliphatic carbocycles. The number of hydrogen-bond acceptors (Lipinski definition) is 6. The Labute approximate surface area is 188 Å². The maximum absolute atomic E-state index is 10.6. The second-order valence-electron chi connectivity index (χ2n) is 8.43. The van der Waals surface area contributed by atoms with Crippen LogP contribution in [0, 0.1) is 0 Å². The van der Waals surface area contributed by atoms with Crippen molar-refractivity contribution < 1.29 is 20.1 Å². The summed E-state index contributed by atoms with van der Waals surface area (Å²) in [6.07, 6.45) is 3.26. The van der Waals surface area contributed by atoms with Crippen molar-refractivity contribution >= 4 is 46.4 Å². The Kier molecular flexibility index (Phi) is 4.74. The lowest BCUT2D eigenvalue weighted by molar-refractivity contribution is -0.188. The standard InChI is InChI=1S/C25H22N4O4/c30-22-12-33-25(24(32)23(22)31)20-10-19-9-17-4-3-15(27-17)7-13-1-2-14(26-13)8-16-5-6-18(28-16)11-21(20)29-19/h1-11,22-25,27,29-32H,12H2/t22-,23-,24+,25?/m1/s1. The second kappa shape index (κ2) is 7.79. The van der Waals surface area contributed by atoms with Crippen LogP contribution in [0.1, 0.15) is 34.4 Å². The van der Waals surface area contributed by atoms with Crippen LogP contribution in [-0.4, -0.2) is 60.2 Å². The summed E-state index contributed by atoms with van der Waals surface area (Å²) in [6, 6.07) is 13.6. The number of aliphatic hydroxyl groups is 3. The van der Waals surface area contributed by atoms with E-state index in [2.05, 4.69) is 19.9 Å². The summed E-state index contributed by atoms with van der Waals surface area (Å²) in [6.45, 7) is -0.0649. The molecule has 3 aliphatic heterocycles. The predicted octanol–water partition coefficient (Wildman–Crippen LogP) is 2.81. The van der Waals surface area contributed by atoms with Crippen LogP contribution in [0.25, 0.3) is 46.4 Å². The van der Waals surface area contributed by atoms with Gasteiger partial charge in [-0.2, -0.15) is 0 Å². The monoisotopic (exact) mass is 442 g/mol. The van der Waals surface area contributed by atoms with E-state index in [0.29, 0.717) is 11.1 Å². The van der Waals surface area contributed by atoms with Crippen LogP contribution >= 0.6 is 0 Å². The maximum atomic E-state index is 10.6. The lowest BCUT2D eigenvalue weighted by Gasteiger charge is -2.35. The minimum absolute atomic E-state index is 0.0649. The van der Waals surface area contributed by atoms with Gasteiger partial charge >= 0.3 is 0 Å². The SMILES string of the molecule is O[C@@H]1[C@H](O)COC(c2cc3cc4ccc(cc5nc(cc6nc(cc2[nH]3)C=C6)C=C5)[nH]4)[C@H]1O. The third-order valence-corrected chi connectivity index (χ3v) is 6.01. The number of nitrogens with zero attached hydrogens (tertiary/aromatic N) is 2. The highest BCUT2D eigenvalue weighted by molar-refractivity contribution is 5.78. The molecule has 4 atom stereocenters. The Hall–Kier alpha value is -3.56. The van der Waals surface area contributed by atoms with Crippen molar-refractivity contribution in [2.45, 2.75) is 24.4 Å². The largest absolute Gasteiger partial charge is 0.388 e. The molecule has 3 aromatic rings. The van der Waals surface area contributed by atoms with Crippen LogP contribution in [0.15, 0.2) is 42.5 Å². The highest BCUT2D eigenvalue weighted by atomic mass is 16.5. The Morgan fingerprint density at radius 3 is 2.06 bits per heavy atom. The van der Waals surface area contributed by atoms with Crippen molar-refractivity contribution in [3.63, 3.8) is 0 Å². The van der Waals surface area contributed by atoms with Gasteiger partial charge in [0.2, 0.25) is 0 Å². The predicted molar refractivity (Wildman–Crippen MR) is 126 cm³/mol.